The van der Waals surface area contributed by atoms with Gasteiger partial charge in [-0.15, -0.1) is 0 Å². The minimum absolute atomic E-state index is 0.357. The number of benzene rings is 3. The Morgan fingerprint density at radius 1 is 0.872 bits per heavy atom. The summed E-state index contributed by atoms with van der Waals surface area (Å²) in [6.45, 7) is 4.71. The van der Waals surface area contributed by atoms with Gasteiger partial charge in [-0.25, -0.2) is 9.97 Å². The molecule has 2 unspecified atom stereocenters. The van der Waals surface area contributed by atoms with Crippen LogP contribution in [0, 0.1) is 23.7 Å². The average Bonchev–Trinajstić information content (AvgIpc) is 3.82. The Hall–Kier alpha value is -3.74. The molecule has 3 heterocycles. The molecule has 1 aliphatic heterocycles. The Morgan fingerprint density at radius 2 is 1.69 bits per heavy atom. The van der Waals surface area contributed by atoms with Crippen molar-refractivity contribution in [2.45, 2.75) is 25.9 Å². The molecule has 2 atom stereocenters. The molecule has 1 saturated heterocycles. The first-order valence-electron chi connectivity index (χ1n) is 14.2. The van der Waals surface area contributed by atoms with Crippen LogP contribution in [0.4, 0.5) is 11.5 Å². The summed E-state index contributed by atoms with van der Waals surface area (Å²) in [6.07, 6.45) is 6.57. The summed E-state index contributed by atoms with van der Waals surface area (Å²) in [5.74, 6) is 3.66. The predicted molar refractivity (Wildman–Crippen MR) is 156 cm³/mol. The number of piperidine rings is 1. The van der Waals surface area contributed by atoms with E-state index in [2.05, 4.69) is 97.7 Å². The number of hydrogen-bond donors (Lipinski definition) is 2. The number of anilines is 2. The fourth-order valence-electron chi connectivity index (χ4n) is 6.69. The Bertz CT molecular complexity index is 1660. The molecule has 2 aliphatic carbocycles. The molecule has 3 fully saturated rings. The second-order valence-electron chi connectivity index (χ2n) is 11.8. The van der Waals surface area contributed by atoms with E-state index in [1.54, 1.807) is 6.33 Å². The van der Waals surface area contributed by atoms with Gasteiger partial charge in [0.25, 0.3) is 0 Å². The molecular formula is C33H33N5O. The van der Waals surface area contributed by atoms with E-state index in [1.807, 2.05) is 0 Å². The zero-order valence-electron chi connectivity index (χ0n) is 22.0. The lowest BCUT2D eigenvalue weighted by molar-refractivity contribution is 0.217. The Balaban J connectivity index is 1.01. The molecule has 3 aromatic carbocycles. The van der Waals surface area contributed by atoms with Crippen LogP contribution >= 0.6 is 0 Å². The average molecular weight is 516 g/mol. The van der Waals surface area contributed by atoms with E-state index in [0.717, 1.165) is 60.1 Å². The molecule has 0 amide bonds. The van der Waals surface area contributed by atoms with Gasteiger partial charge in [0.2, 0.25) is 0 Å². The molecule has 0 radical (unpaired) electrons. The molecule has 5 aromatic rings. The van der Waals surface area contributed by atoms with E-state index in [1.165, 1.54) is 34.9 Å². The summed E-state index contributed by atoms with van der Waals surface area (Å²) in [4.78, 5) is 11.7. The van der Waals surface area contributed by atoms with Gasteiger partial charge in [0.15, 0.2) is 0 Å². The van der Waals surface area contributed by atoms with Crippen LogP contribution in [-0.2, 0) is 13.1 Å². The van der Waals surface area contributed by atoms with Crippen LogP contribution < -0.4 is 5.32 Å². The van der Waals surface area contributed by atoms with Gasteiger partial charge in [0.05, 0.1) is 5.52 Å². The maximum Gasteiger partial charge on any atom is 0.141 e. The van der Waals surface area contributed by atoms with Crippen LogP contribution in [0.1, 0.15) is 18.4 Å². The number of fused-ring (bicyclic) bond motifs is 3. The molecular weight excluding hydrogens is 482 g/mol. The van der Waals surface area contributed by atoms with Crippen LogP contribution in [0.25, 0.3) is 32.9 Å². The summed E-state index contributed by atoms with van der Waals surface area (Å²) in [6, 6.07) is 24.2. The maximum absolute atomic E-state index is 9.42. The SMILES string of the molecule is OCC1C2CN(Cc3ccc(-c4ccc5ncnc(Nc6ccc7c(ccn7CC7CC7)c6)c5c4)cc3)CC12. The Morgan fingerprint density at radius 3 is 2.49 bits per heavy atom. The van der Waals surface area contributed by atoms with Gasteiger partial charge in [0.1, 0.15) is 12.1 Å². The predicted octanol–water partition coefficient (Wildman–Crippen LogP) is 6.08. The number of nitrogens with zero attached hydrogens (tertiary/aromatic N) is 4. The van der Waals surface area contributed by atoms with Gasteiger partial charge in [0, 0.05) is 61.0 Å². The molecule has 2 N–H and O–H groups in total. The van der Waals surface area contributed by atoms with Crippen molar-refractivity contribution in [2.24, 2.45) is 23.7 Å². The van der Waals surface area contributed by atoms with Crippen molar-refractivity contribution in [3.05, 3.63) is 84.8 Å². The third-order valence-electron chi connectivity index (χ3n) is 9.17. The van der Waals surface area contributed by atoms with E-state index in [9.17, 15) is 5.11 Å². The first-order chi connectivity index (χ1) is 19.2. The van der Waals surface area contributed by atoms with E-state index in [4.69, 9.17) is 0 Å². The summed E-state index contributed by atoms with van der Waals surface area (Å²) >= 11 is 0. The van der Waals surface area contributed by atoms with Crippen molar-refractivity contribution in [1.82, 2.24) is 19.4 Å². The van der Waals surface area contributed by atoms with E-state index in [-0.39, 0.29) is 0 Å². The molecule has 2 saturated carbocycles. The summed E-state index contributed by atoms with van der Waals surface area (Å²) in [5.41, 5.74) is 6.95. The molecule has 2 aromatic heterocycles. The van der Waals surface area contributed by atoms with Crippen molar-refractivity contribution in [1.29, 1.82) is 0 Å². The van der Waals surface area contributed by atoms with Gasteiger partial charge in [-0.05, 0) is 89.6 Å². The Kier molecular flexibility index (Phi) is 5.45. The van der Waals surface area contributed by atoms with Crippen molar-refractivity contribution >= 4 is 33.3 Å². The summed E-state index contributed by atoms with van der Waals surface area (Å²) in [7, 11) is 0. The summed E-state index contributed by atoms with van der Waals surface area (Å²) < 4.78 is 2.38. The molecule has 8 rings (SSSR count). The number of aliphatic hydroxyl groups excluding tert-OH is 1. The minimum atomic E-state index is 0.357. The number of hydrogen-bond acceptors (Lipinski definition) is 5. The lowest BCUT2D eigenvalue weighted by Gasteiger charge is -2.19. The smallest absolute Gasteiger partial charge is 0.141 e. The van der Waals surface area contributed by atoms with Crippen LogP contribution in [0.3, 0.4) is 0 Å². The zero-order valence-corrected chi connectivity index (χ0v) is 22.0. The van der Waals surface area contributed by atoms with Crippen molar-refractivity contribution in [3.8, 4) is 11.1 Å². The first-order valence-corrected chi connectivity index (χ1v) is 14.2. The highest BCUT2D eigenvalue weighted by molar-refractivity contribution is 5.94. The van der Waals surface area contributed by atoms with Crippen molar-refractivity contribution in [2.75, 3.05) is 25.0 Å². The van der Waals surface area contributed by atoms with Crippen LogP contribution in [0.2, 0.25) is 0 Å². The number of rotatable bonds is 8. The minimum Gasteiger partial charge on any atom is -0.396 e. The third-order valence-corrected chi connectivity index (χ3v) is 9.17. The second kappa shape index (κ2) is 9.18. The molecule has 0 spiro atoms. The van der Waals surface area contributed by atoms with Crippen LogP contribution in [-0.4, -0.2) is 44.2 Å². The number of aliphatic hydroxyl groups is 1. The Labute approximate surface area is 228 Å². The van der Waals surface area contributed by atoms with Crippen LogP contribution in [0.15, 0.2) is 79.3 Å². The highest BCUT2D eigenvalue weighted by atomic mass is 16.3. The maximum atomic E-state index is 9.42. The van der Waals surface area contributed by atoms with Gasteiger partial charge < -0.3 is 15.0 Å². The van der Waals surface area contributed by atoms with Crippen molar-refractivity contribution in [3.63, 3.8) is 0 Å². The zero-order chi connectivity index (χ0) is 25.9. The molecule has 3 aliphatic rings. The molecule has 6 heteroatoms. The standard InChI is InChI=1S/C33H33N5O/c39-19-30-28-17-37(18-29(28)30)15-21-3-5-23(6-4-21)24-7-9-31-27(14-24)33(35-20-34-31)36-26-8-10-32-25(13-26)11-12-38(32)16-22-1-2-22/h3-14,20,22,28-30,39H,1-2,15-19H2,(H,34,35,36). The summed E-state index contributed by atoms with van der Waals surface area (Å²) in [5, 5.41) is 15.2. The van der Waals surface area contributed by atoms with Crippen molar-refractivity contribution < 1.29 is 5.11 Å². The van der Waals surface area contributed by atoms with Gasteiger partial charge >= 0.3 is 0 Å². The topological polar surface area (TPSA) is 66.2 Å². The first kappa shape index (κ1) is 23.2. The van der Waals surface area contributed by atoms with Gasteiger partial charge in [-0.1, -0.05) is 30.3 Å². The van der Waals surface area contributed by atoms with Gasteiger partial charge in [-0.2, -0.15) is 0 Å². The number of nitrogens with one attached hydrogen (secondary N) is 1. The normalized spacial score (nSPS) is 22.4. The lowest BCUT2D eigenvalue weighted by atomic mass is 10.0. The fraction of sp³-hybridized carbons (Fsp3) is 0.333. The molecule has 6 nitrogen and oxygen atoms in total. The fourth-order valence-corrected chi connectivity index (χ4v) is 6.69. The number of likely N-dealkylation sites (tertiary alicyclic amines) is 1. The number of aromatic nitrogens is 3. The lowest BCUT2D eigenvalue weighted by Crippen LogP contribution is -2.24. The molecule has 39 heavy (non-hydrogen) atoms. The third kappa shape index (κ3) is 4.38. The molecule has 0 bridgehead atoms. The van der Waals surface area contributed by atoms with Gasteiger partial charge in [-0.3, -0.25) is 4.90 Å². The van der Waals surface area contributed by atoms with E-state index in [0.29, 0.717) is 24.4 Å². The highest BCUT2D eigenvalue weighted by Crippen LogP contribution is 2.51. The van der Waals surface area contributed by atoms with Crippen LogP contribution in [0.5, 0.6) is 0 Å². The van der Waals surface area contributed by atoms with E-state index < -0.39 is 0 Å². The largest absolute Gasteiger partial charge is 0.396 e. The monoisotopic (exact) mass is 515 g/mol. The highest BCUT2D eigenvalue weighted by Gasteiger charge is 2.54. The quantitative estimate of drug-likeness (QED) is 0.262. The molecule has 196 valence electrons. The second-order valence-corrected chi connectivity index (χ2v) is 11.8. The van der Waals surface area contributed by atoms with E-state index >= 15 is 0 Å².